The first-order valence-corrected chi connectivity index (χ1v) is 9.31. The molecule has 0 atom stereocenters. The number of methoxy groups -OCH3 is 1. The van der Waals surface area contributed by atoms with Crippen LogP contribution in [0.25, 0.3) is 0 Å². The van der Waals surface area contributed by atoms with Gasteiger partial charge in [0.1, 0.15) is 12.4 Å². The van der Waals surface area contributed by atoms with Gasteiger partial charge in [-0.2, -0.15) is 0 Å². The summed E-state index contributed by atoms with van der Waals surface area (Å²) in [6.07, 6.45) is 0. The summed E-state index contributed by atoms with van der Waals surface area (Å²) in [6.45, 7) is 3.17. The van der Waals surface area contributed by atoms with Crippen LogP contribution in [0.15, 0.2) is 42.5 Å². The lowest BCUT2D eigenvalue weighted by Crippen LogP contribution is -2.50. The molecule has 0 aromatic heterocycles. The van der Waals surface area contributed by atoms with Crippen LogP contribution >= 0.6 is 11.6 Å². The summed E-state index contributed by atoms with van der Waals surface area (Å²) in [5, 5.41) is 3.12. The third kappa shape index (κ3) is 4.26. The molecule has 3 amide bonds. The maximum absolute atomic E-state index is 12.6. The number of carbonyl (C=O) groups is 3. The number of benzene rings is 2. The van der Waals surface area contributed by atoms with Crippen LogP contribution < -0.4 is 10.1 Å². The Kier molecular flexibility index (Phi) is 5.91. The highest BCUT2D eigenvalue weighted by atomic mass is 35.5. The van der Waals surface area contributed by atoms with Crippen molar-refractivity contribution < 1.29 is 23.9 Å². The third-order valence-electron chi connectivity index (χ3n) is 4.52. The number of amides is 3. The number of imide groups is 1. The van der Waals surface area contributed by atoms with Crippen LogP contribution in [0.3, 0.4) is 0 Å². The molecule has 0 aliphatic carbocycles. The van der Waals surface area contributed by atoms with E-state index in [2.05, 4.69) is 5.32 Å². The Bertz CT molecular complexity index is 938. The lowest BCUT2D eigenvalue weighted by atomic mass is 10.0. The number of nitrogens with zero attached hydrogens (tertiary/aromatic N) is 1. The van der Waals surface area contributed by atoms with Crippen LogP contribution in [-0.2, 0) is 9.53 Å². The average molecular weight is 417 g/mol. The number of carbonyl (C=O) groups excluding carboxylic acids is 3. The highest BCUT2D eigenvalue weighted by molar-refractivity contribution is 6.31. The molecule has 3 rings (SSSR count). The Morgan fingerprint density at radius 3 is 2.31 bits per heavy atom. The van der Waals surface area contributed by atoms with Crippen molar-refractivity contribution in [3.63, 3.8) is 0 Å². The smallest absolute Gasteiger partial charge is 0.262 e. The Morgan fingerprint density at radius 2 is 1.72 bits per heavy atom. The minimum absolute atomic E-state index is 0.00142. The SMILES string of the molecule is COc1ccc(Cl)cc1NC(=O)COCC(C)(C)N1C(=O)c2ccccc2C1=O. The summed E-state index contributed by atoms with van der Waals surface area (Å²) in [7, 11) is 1.49. The van der Waals surface area contributed by atoms with Gasteiger partial charge in [-0.3, -0.25) is 19.3 Å². The number of anilines is 1. The zero-order chi connectivity index (χ0) is 21.2. The van der Waals surface area contributed by atoms with Crippen molar-refractivity contribution in [2.24, 2.45) is 0 Å². The Hall–Kier alpha value is -2.90. The predicted octanol–water partition coefficient (Wildman–Crippen LogP) is 3.38. The molecule has 152 valence electrons. The minimum atomic E-state index is -0.929. The van der Waals surface area contributed by atoms with Gasteiger partial charge in [0.15, 0.2) is 0 Å². The highest BCUT2D eigenvalue weighted by Crippen LogP contribution is 2.30. The number of nitrogens with one attached hydrogen (secondary N) is 1. The second-order valence-electron chi connectivity index (χ2n) is 7.19. The van der Waals surface area contributed by atoms with Crippen molar-refractivity contribution in [3.05, 3.63) is 58.6 Å². The molecule has 2 aromatic rings. The Morgan fingerprint density at radius 1 is 1.10 bits per heavy atom. The van der Waals surface area contributed by atoms with Crippen molar-refractivity contribution in [2.45, 2.75) is 19.4 Å². The lowest BCUT2D eigenvalue weighted by Gasteiger charge is -2.33. The Labute approximate surface area is 173 Å². The molecule has 0 fully saturated rings. The molecule has 0 unspecified atom stereocenters. The molecular formula is C21H21ClN2O5. The standard InChI is InChI=1S/C21H21ClN2O5/c1-21(2,24-19(26)14-6-4-5-7-15(14)20(24)27)12-29-11-18(25)23-16-10-13(22)8-9-17(16)28-3/h4-10H,11-12H2,1-3H3,(H,23,25). The first kappa shape index (κ1) is 20.8. The zero-order valence-electron chi connectivity index (χ0n) is 16.3. The summed E-state index contributed by atoms with van der Waals surface area (Å²) < 4.78 is 10.7. The number of ether oxygens (including phenoxy) is 2. The first-order valence-electron chi connectivity index (χ1n) is 8.93. The van der Waals surface area contributed by atoms with E-state index < -0.39 is 11.4 Å². The van der Waals surface area contributed by atoms with Gasteiger partial charge in [0.05, 0.1) is 36.1 Å². The molecule has 1 aliphatic rings. The van der Waals surface area contributed by atoms with Crippen molar-refractivity contribution in [2.75, 3.05) is 25.6 Å². The fraction of sp³-hybridized carbons (Fsp3) is 0.286. The van der Waals surface area contributed by atoms with Crippen LogP contribution in [-0.4, -0.2) is 48.5 Å². The van der Waals surface area contributed by atoms with E-state index in [1.165, 1.54) is 12.0 Å². The number of hydrogen-bond acceptors (Lipinski definition) is 5. The Balaban J connectivity index is 1.60. The van der Waals surface area contributed by atoms with Crippen LogP contribution in [0.2, 0.25) is 5.02 Å². The largest absolute Gasteiger partial charge is 0.495 e. The number of rotatable bonds is 7. The summed E-state index contributed by atoms with van der Waals surface area (Å²) in [6, 6.07) is 11.5. The average Bonchev–Trinajstić information content (AvgIpc) is 2.93. The van der Waals surface area contributed by atoms with E-state index in [4.69, 9.17) is 21.1 Å². The predicted molar refractivity (Wildman–Crippen MR) is 108 cm³/mol. The van der Waals surface area contributed by atoms with Gasteiger partial charge in [-0.05, 0) is 44.2 Å². The molecule has 29 heavy (non-hydrogen) atoms. The summed E-state index contributed by atoms with van der Waals surface area (Å²) in [5.41, 5.74) is 0.238. The minimum Gasteiger partial charge on any atom is -0.495 e. The van der Waals surface area contributed by atoms with Crippen molar-refractivity contribution in [3.8, 4) is 5.75 Å². The molecular weight excluding hydrogens is 396 g/mol. The van der Waals surface area contributed by atoms with Gasteiger partial charge in [-0.15, -0.1) is 0 Å². The summed E-state index contributed by atoms with van der Waals surface area (Å²) >= 11 is 5.95. The molecule has 0 saturated carbocycles. The number of fused-ring (bicyclic) bond motifs is 1. The molecule has 0 bridgehead atoms. The third-order valence-corrected chi connectivity index (χ3v) is 4.76. The second kappa shape index (κ2) is 8.23. The van der Waals surface area contributed by atoms with E-state index in [1.54, 1.807) is 56.3 Å². The second-order valence-corrected chi connectivity index (χ2v) is 7.63. The molecule has 0 radical (unpaired) electrons. The monoisotopic (exact) mass is 416 g/mol. The molecule has 8 heteroatoms. The van der Waals surface area contributed by atoms with E-state index in [9.17, 15) is 14.4 Å². The quantitative estimate of drug-likeness (QED) is 0.699. The van der Waals surface area contributed by atoms with Crippen molar-refractivity contribution in [1.29, 1.82) is 0 Å². The topological polar surface area (TPSA) is 84.9 Å². The zero-order valence-corrected chi connectivity index (χ0v) is 17.1. The fourth-order valence-electron chi connectivity index (χ4n) is 3.16. The molecule has 7 nitrogen and oxygen atoms in total. The molecule has 1 N–H and O–H groups in total. The normalized spacial score (nSPS) is 13.4. The van der Waals surface area contributed by atoms with Gasteiger partial charge in [0, 0.05) is 5.02 Å². The lowest BCUT2D eigenvalue weighted by molar-refractivity contribution is -0.121. The van der Waals surface area contributed by atoms with Gasteiger partial charge in [0.25, 0.3) is 11.8 Å². The molecule has 2 aromatic carbocycles. The molecule has 0 saturated heterocycles. The fourth-order valence-corrected chi connectivity index (χ4v) is 3.33. The molecule has 1 heterocycles. The first-order chi connectivity index (χ1) is 13.7. The van der Waals surface area contributed by atoms with E-state index in [-0.39, 0.29) is 25.0 Å². The highest BCUT2D eigenvalue weighted by Gasteiger charge is 2.44. The maximum Gasteiger partial charge on any atom is 0.262 e. The summed E-state index contributed by atoms with van der Waals surface area (Å²) in [4.78, 5) is 38.7. The van der Waals surface area contributed by atoms with Crippen LogP contribution in [0.5, 0.6) is 5.75 Å². The van der Waals surface area contributed by atoms with Crippen LogP contribution in [0, 0.1) is 0 Å². The van der Waals surface area contributed by atoms with Gasteiger partial charge in [-0.25, -0.2) is 0 Å². The van der Waals surface area contributed by atoms with E-state index >= 15 is 0 Å². The molecule has 1 aliphatic heterocycles. The van der Waals surface area contributed by atoms with Gasteiger partial charge in [-0.1, -0.05) is 23.7 Å². The van der Waals surface area contributed by atoms with Gasteiger partial charge < -0.3 is 14.8 Å². The number of halogens is 1. The van der Waals surface area contributed by atoms with Crippen LogP contribution in [0.4, 0.5) is 5.69 Å². The molecule has 0 spiro atoms. The van der Waals surface area contributed by atoms with Gasteiger partial charge >= 0.3 is 0 Å². The van der Waals surface area contributed by atoms with E-state index in [0.717, 1.165) is 0 Å². The van der Waals surface area contributed by atoms with E-state index in [0.29, 0.717) is 27.6 Å². The van der Waals surface area contributed by atoms with Crippen molar-refractivity contribution >= 4 is 35.0 Å². The van der Waals surface area contributed by atoms with E-state index in [1.807, 2.05) is 0 Å². The summed E-state index contributed by atoms with van der Waals surface area (Å²) in [5.74, 6) is -0.683. The maximum atomic E-state index is 12.6. The van der Waals surface area contributed by atoms with Crippen molar-refractivity contribution in [1.82, 2.24) is 4.90 Å². The van der Waals surface area contributed by atoms with Crippen LogP contribution in [0.1, 0.15) is 34.6 Å². The number of hydrogen-bond donors (Lipinski definition) is 1. The van der Waals surface area contributed by atoms with Gasteiger partial charge in [0.2, 0.25) is 5.91 Å².